The van der Waals surface area contributed by atoms with Crippen LogP contribution in [0.4, 0.5) is 8.78 Å². The Kier molecular flexibility index (Phi) is 6.20. The van der Waals surface area contributed by atoms with E-state index < -0.39 is 29.4 Å². The van der Waals surface area contributed by atoms with Crippen molar-refractivity contribution in [2.24, 2.45) is 5.92 Å². The number of amides is 2. The van der Waals surface area contributed by atoms with Gasteiger partial charge in [0.1, 0.15) is 0 Å². The van der Waals surface area contributed by atoms with E-state index in [-0.39, 0.29) is 30.8 Å². The molecule has 10 heteroatoms. The van der Waals surface area contributed by atoms with Crippen LogP contribution in [0, 0.1) is 17.6 Å². The fourth-order valence-electron chi connectivity index (χ4n) is 3.85. The maximum atomic E-state index is 14.2. The fraction of sp³-hybridized carbons (Fsp3) is 0.455. The highest BCUT2D eigenvalue weighted by molar-refractivity contribution is 5.96. The highest BCUT2D eigenvalue weighted by Gasteiger charge is 2.33. The summed E-state index contributed by atoms with van der Waals surface area (Å²) in [5, 5.41) is 7.16. The Morgan fingerprint density at radius 2 is 2.03 bits per heavy atom. The lowest BCUT2D eigenvalue weighted by atomic mass is 10.0. The Morgan fingerprint density at radius 1 is 1.25 bits per heavy atom. The predicted octanol–water partition coefficient (Wildman–Crippen LogP) is 2.06. The molecule has 0 bridgehead atoms. The molecule has 2 aliphatic rings. The number of fused-ring (bicyclic) bond motifs is 1. The molecule has 0 unspecified atom stereocenters. The van der Waals surface area contributed by atoms with E-state index in [0.717, 1.165) is 24.6 Å². The topological polar surface area (TPSA) is 93.5 Å². The van der Waals surface area contributed by atoms with Gasteiger partial charge in [-0.25, -0.2) is 8.78 Å². The molecular formula is C22H24F2N4O4. The van der Waals surface area contributed by atoms with Gasteiger partial charge in [-0.3, -0.25) is 19.1 Å². The maximum absolute atomic E-state index is 14.2. The lowest BCUT2D eigenvalue weighted by Gasteiger charge is -2.28. The highest BCUT2D eigenvalue weighted by Crippen LogP contribution is 2.33. The number of aromatic nitrogens is 2. The van der Waals surface area contributed by atoms with Crippen LogP contribution in [0.1, 0.15) is 51.4 Å². The summed E-state index contributed by atoms with van der Waals surface area (Å²) in [6.07, 6.45) is 2.70. The quantitative estimate of drug-likeness (QED) is 0.658. The maximum Gasteiger partial charge on any atom is 0.307 e. The van der Waals surface area contributed by atoms with Crippen molar-refractivity contribution in [3.63, 3.8) is 0 Å². The van der Waals surface area contributed by atoms with Crippen LogP contribution in [0.5, 0.6) is 0 Å². The minimum Gasteiger partial charge on any atom is -0.469 e. The molecular weight excluding hydrogens is 422 g/mol. The number of nitrogens with zero attached hydrogens (tertiary/aromatic N) is 3. The summed E-state index contributed by atoms with van der Waals surface area (Å²) < 4.78 is 34.2. The second-order valence-electron chi connectivity index (χ2n) is 8.06. The predicted molar refractivity (Wildman–Crippen MR) is 109 cm³/mol. The van der Waals surface area contributed by atoms with E-state index in [4.69, 9.17) is 0 Å². The summed E-state index contributed by atoms with van der Waals surface area (Å²) in [5.41, 5.74) is 1.31. The third-order valence-corrected chi connectivity index (χ3v) is 5.79. The molecule has 2 aromatic rings. The fourth-order valence-corrected chi connectivity index (χ4v) is 3.85. The molecule has 1 N–H and O–H groups in total. The van der Waals surface area contributed by atoms with E-state index in [1.807, 2.05) is 4.68 Å². The zero-order valence-corrected chi connectivity index (χ0v) is 17.7. The number of ether oxygens (including phenoxy) is 1. The average molecular weight is 446 g/mol. The minimum atomic E-state index is -1.19. The lowest BCUT2D eigenvalue weighted by molar-refractivity contribution is -0.140. The van der Waals surface area contributed by atoms with Crippen molar-refractivity contribution in [2.75, 3.05) is 20.2 Å². The van der Waals surface area contributed by atoms with Crippen LogP contribution in [-0.4, -0.2) is 52.7 Å². The summed E-state index contributed by atoms with van der Waals surface area (Å²) >= 11 is 0. The zero-order chi connectivity index (χ0) is 22.8. The Balaban J connectivity index is 1.57. The van der Waals surface area contributed by atoms with Crippen molar-refractivity contribution in [1.29, 1.82) is 0 Å². The van der Waals surface area contributed by atoms with E-state index in [1.54, 1.807) is 0 Å². The molecule has 0 radical (unpaired) electrons. The van der Waals surface area contributed by atoms with Crippen LogP contribution in [0.25, 0.3) is 0 Å². The molecule has 0 atom stereocenters. The van der Waals surface area contributed by atoms with Gasteiger partial charge >= 0.3 is 5.97 Å². The Morgan fingerprint density at radius 3 is 2.75 bits per heavy atom. The van der Waals surface area contributed by atoms with Crippen molar-refractivity contribution < 1.29 is 27.9 Å². The molecule has 1 saturated carbocycles. The lowest BCUT2D eigenvalue weighted by Crippen LogP contribution is -2.38. The van der Waals surface area contributed by atoms with Gasteiger partial charge in [0.05, 0.1) is 25.6 Å². The van der Waals surface area contributed by atoms with Crippen LogP contribution >= 0.6 is 0 Å². The molecule has 1 aliphatic heterocycles. The molecule has 2 heterocycles. The first-order valence-corrected chi connectivity index (χ1v) is 10.6. The Labute approximate surface area is 183 Å². The number of carbonyl (C=O) groups excluding carboxylic acids is 3. The number of halogens is 2. The van der Waals surface area contributed by atoms with E-state index >= 15 is 0 Å². The number of rotatable bonds is 7. The molecule has 8 nitrogen and oxygen atoms in total. The van der Waals surface area contributed by atoms with Crippen molar-refractivity contribution in [1.82, 2.24) is 20.0 Å². The number of esters is 1. The molecule has 0 spiro atoms. The van der Waals surface area contributed by atoms with Gasteiger partial charge in [0.25, 0.3) is 11.8 Å². The van der Waals surface area contributed by atoms with Crippen LogP contribution in [0.15, 0.2) is 18.2 Å². The van der Waals surface area contributed by atoms with Crippen LogP contribution < -0.4 is 5.32 Å². The average Bonchev–Trinajstić information content (AvgIpc) is 3.54. The first-order chi connectivity index (χ1) is 15.4. The van der Waals surface area contributed by atoms with Gasteiger partial charge in [0.2, 0.25) is 0 Å². The summed E-state index contributed by atoms with van der Waals surface area (Å²) in [6.45, 7) is 1.16. The van der Waals surface area contributed by atoms with Gasteiger partial charge in [-0.15, -0.1) is 0 Å². The molecule has 2 amide bonds. The van der Waals surface area contributed by atoms with Crippen molar-refractivity contribution in [2.45, 2.75) is 38.8 Å². The smallest absolute Gasteiger partial charge is 0.307 e. The minimum absolute atomic E-state index is 0.0245. The van der Waals surface area contributed by atoms with Crippen molar-refractivity contribution in [3.05, 3.63) is 52.3 Å². The highest BCUT2D eigenvalue weighted by atomic mass is 19.2. The monoisotopic (exact) mass is 446 g/mol. The standard InChI is InChI=1S/C22H24F2N4O4/c1-32-18(29)7-9-25-21(30)20-15-12-27(22(31)14-3-2-4-16(23)19(14)24)10-8-17(15)28(26-20)11-13-5-6-13/h2-4,13H,5-12H2,1H3,(H,25,30). The third kappa shape index (κ3) is 4.49. The summed E-state index contributed by atoms with van der Waals surface area (Å²) in [5.74, 6) is -3.29. The van der Waals surface area contributed by atoms with Crippen LogP contribution in [0.2, 0.25) is 0 Å². The van der Waals surface area contributed by atoms with E-state index in [0.29, 0.717) is 31.0 Å². The second-order valence-corrected chi connectivity index (χ2v) is 8.06. The number of hydrogen-bond acceptors (Lipinski definition) is 5. The summed E-state index contributed by atoms with van der Waals surface area (Å²) in [4.78, 5) is 38.4. The first kappa shape index (κ1) is 21.9. The SMILES string of the molecule is COC(=O)CCNC(=O)c1nn(CC2CC2)c2c1CN(C(=O)c1cccc(F)c1F)CC2. The van der Waals surface area contributed by atoms with Crippen LogP contribution in [-0.2, 0) is 29.0 Å². The molecule has 1 fully saturated rings. The zero-order valence-electron chi connectivity index (χ0n) is 17.7. The number of hydrogen-bond donors (Lipinski definition) is 1. The van der Waals surface area contributed by atoms with E-state index in [2.05, 4.69) is 15.2 Å². The van der Waals surface area contributed by atoms with E-state index in [1.165, 1.54) is 24.1 Å². The third-order valence-electron chi connectivity index (χ3n) is 5.79. The number of carbonyl (C=O) groups is 3. The molecule has 0 saturated heterocycles. The molecule has 170 valence electrons. The van der Waals surface area contributed by atoms with Gasteiger partial charge in [-0.2, -0.15) is 5.10 Å². The normalized spacial score (nSPS) is 15.3. The Bertz CT molecular complexity index is 1060. The van der Waals surface area contributed by atoms with Crippen molar-refractivity contribution >= 4 is 17.8 Å². The number of benzene rings is 1. The first-order valence-electron chi connectivity index (χ1n) is 10.6. The van der Waals surface area contributed by atoms with Crippen molar-refractivity contribution in [3.8, 4) is 0 Å². The number of nitrogens with one attached hydrogen (secondary N) is 1. The summed E-state index contributed by atoms with van der Waals surface area (Å²) in [7, 11) is 1.27. The van der Waals surface area contributed by atoms with Gasteiger partial charge in [-0.05, 0) is 30.9 Å². The molecule has 1 aromatic heterocycles. The van der Waals surface area contributed by atoms with Gasteiger partial charge in [0, 0.05) is 37.3 Å². The van der Waals surface area contributed by atoms with Crippen LogP contribution in [0.3, 0.4) is 0 Å². The molecule has 32 heavy (non-hydrogen) atoms. The van der Waals surface area contributed by atoms with E-state index in [9.17, 15) is 23.2 Å². The molecule has 1 aromatic carbocycles. The number of methoxy groups -OCH3 is 1. The largest absolute Gasteiger partial charge is 0.469 e. The van der Waals surface area contributed by atoms with Gasteiger partial charge < -0.3 is 15.0 Å². The molecule has 4 rings (SSSR count). The van der Waals surface area contributed by atoms with Gasteiger partial charge in [0.15, 0.2) is 17.3 Å². The Hall–Kier alpha value is -3.30. The second kappa shape index (κ2) is 9.05. The molecule has 1 aliphatic carbocycles. The summed E-state index contributed by atoms with van der Waals surface area (Å²) in [6, 6.07) is 3.49. The van der Waals surface area contributed by atoms with Gasteiger partial charge in [-0.1, -0.05) is 6.07 Å².